The van der Waals surface area contributed by atoms with Gasteiger partial charge in [0.1, 0.15) is 6.61 Å². The Hall–Kier alpha value is -3.39. The molecule has 3 aliphatic rings. The number of benzene rings is 2. The van der Waals surface area contributed by atoms with Gasteiger partial charge in [-0.3, -0.25) is 9.59 Å². The standard InChI is InChI=1S/C27H30N2O6/c30-25(28-14-21(26(31)32)16-6-5-7-16)24-23(12-13-34-24)29-27(33)35-15-22-19-10-3-1-8-17(19)18-9-2-4-11-20(18)22/h1-4,8-11,16,21-24H,5-7,12-15H2,(H,28,30)(H,29,33)(H,31,32)/t21?,23-,24+/m1/s1. The third kappa shape index (κ3) is 4.75. The van der Waals surface area contributed by atoms with E-state index in [2.05, 4.69) is 34.9 Å². The molecule has 0 spiro atoms. The highest BCUT2D eigenvalue weighted by Crippen LogP contribution is 2.44. The van der Waals surface area contributed by atoms with Crippen LogP contribution in [0.5, 0.6) is 0 Å². The van der Waals surface area contributed by atoms with Crippen molar-refractivity contribution in [2.24, 2.45) is 11.8 Å². The molecule has 0 radical (unpaired) electrons. The molecule has 2 fully saturated rings. The minimum absolute atomic E-state index is 0.0495. The van der Waals surface area contributed by atoms with Gasteiger partial charge in [-0.05, 0) is 47.4 Å². The predicted molar refractivity (Wildman–Crippen MR) is 128 cm³/mol. The number of rotatable bonds is 8. The van der Waals surface area contributed by atoms with Crippen molar-refractivity contribution < 1.29 is 29.0 Å². The van der Waals surface area contributed by atoms with Gasteiger partial charge in [-0.1, -0.05) is 55.0 Å². The second-order valence-electron chi connectivity index (χ2n) is 9.54. The Morgan fingerprint density at radius 2 is 1.66 bits per heavy atom. The summed E-state index contributed by atoms with van der Waals surface area (Å²) >= 11 is 0. The molecule has 2 aromatic rings. The van der Waals surface area contributed by atoms with Gasteiger partial charge in [0.25, 0.3) is 5.91 Å². The highest BCUT2D eigenvalue weighted by atomic mass is 16.6. The third-order valence-corrected chi connectivity index (χ3v) is 7.53. The Balaban J connectivity index is 1.16. The van der Waals surface area contributed by atoms with Crippen LogP contribution in [0.4, 0.5) is 4.79 Å². The zero-order valence-corrected chi connectivity index (χ0v) is 19.4. The number of aliphatic carboxylic acids is 1. The smallest absolute Gasteiger partial charge is 0.407 e. The molecule has 3 atom stereocenters. The first kappa shape index (κ1) is 23.4. The van der Waals surface area contributed by atoms with E-state index in [-0.39, 0.29) is 25.0 Å². The average molecular weight is 479 g/mol. The summed E-state index contributed by atoms with van der Waals surface area (Å²) in [4.78, 5) is 36.9. The lowest BCUT2D eigenvalue weighted by Crippen LogP contribution is -2.50. The molecular weight excluding hydrogens is 448 g/mol. The number of carboxylic acid groups (broad SMARTS) is 1. The van der Waals surface area contributed by atoms with Crippen molar-refractivity contribution in [2.75, 3.05) is 19.8 Å². The van der Waals surface area contributed by atoms with Crippen molar-refractivity contribution in [2.45, 2.75) is 43.7 Å². The summed E-state index contributed by atoms with van der Waals surface area (Å²) in [6.45, 7) is 0.583. The van der Waals surface area contributed by atoms with Crippen LogP contribution in [0.25, 0.3) is 11.1 Å². The largest absolute Gasteiger partial charge is 0.481 e. The molecule has 2 amide bonds. The van der Waals surface area contributed by atoms with Crippen molar-refractivity contribution in [3.63, 3.8) is 0 Å². The summed E-state index contributed by atoms with van der Waals surface area (Å²) in [5.41, 5.74) is 4.56. The Labute approximate surface area is 204 Å². The number of hydrogen-bond acceptors (Lipinski definition) is 5. The minimum Gasteiger partial charge on any atom is -0.481 e. The van der Waals surface area contributed by atoms with Gasteiger partial charge in [0.15, 0.2) is 6.10 Å². The van der Waals surface area contributed by atoms with E-state index in [4.69, 9.17) is 9.47 Å². The van der Waals surface area contributed by atoms with Crippen LogP contribution in [0, 0.1) is 11.8 Å². The molecule has 2 aliphatic carbocycles. The van der Waals surface area contributed by atoms with Gasteiger partial charge < -0.3 is 25.2 Å². The zero-order valence-electron chi connectivity index (χ0n) is 19.4. The topological polar surface area (TPSA) is 114 Å². The highest BCUT2D eigenvalue weighted by molar-refractivity contribution is 5.83. The molecule has 8 heteroatoms. The van der Waals surface area contributed by atoms with Crippen LogP contribution in [0.2, 0.25) is 0 Å². The lowest BCUT2D eigenvalue weighted by atomic mass is 9.76. The van der Waals surface area contributed by atoms with Crippen molar-refractivity contribution in [3.8, 4) is 11.1 Å². The summed E-state index contributed by atoms with van der Waals surface area (Å²) in [7, 11) is 0. The Bertz CT molecular complexity index is 1070. The van der Waals surface area contributed by atoms with Crippen LogP contribution in [0.1, 0.15) is 42.7 Å². The number of amides is 2. The van der Waals surface area contributed by atoms with E-state index >= 15 is 0 Å². The normalized spacial score (nSPS) is 21.9. The Kier molecular flexibility index (Phi) is 6.72. The van der Waals surface area contributed by atoms with E-state index in [1.807, 2.05) is 24.3 Å². The van der Waals surface area contributed by atoms with E-state index < -0.39 is 36.0 Å². The molecule has 1 heterocycles. The summed E-state index contributed by atoms with van der Waals surface area (Å²) in [6, 6.07) is 15.7. The summed E-state index contributed by atoms with van der Waals surface area (Å²) < 4.78 is 11.2. The molecule has 1 saturated heterocycles. The van der Waals surface area contributed by atoms with E-state index in [0.717, 1.165) is 41.5 Å². The summed E-state index contributed by atoms with van der Waals surface area (Å²) in [5, 5.41) is 15.0. The lowest BCUT2D eigenvalue weighted by Gasteiger charge is -2.31. The van der Waals surface area contributed by atoms with Gasteiger partial charge in [0.05, 0.1) is 12.0 Å². The van der Waals surface area contributed by atoms with Crippen LogP contribution in [-0.4, -0.2) is 55.0 Å². The van der Waals surface area contributed by atoms with Crippen molar-refractivity contribution in [3.05, 3.63) is 59.7 Å². The molecule has 184 valence electrons. The SMILES string of the molecule is O=C(N[C@@H]1CCO[C@@H]1C(=O)NCC(C(=O)O)C1CCC1)OCC1c2ccccc2-c2ccccc21. The van der Waals surface area contributed by atoms with Crippen LogP contribution in [-0.2, 0) is 19.1 Å². The number of ether oxygens (including phenoxy) is 2. The fourth-order valence-corrected chi connectivity index (χ4v) is 5.40. The molecule has 1 saturated carbocycles. The van der Waals surface area contributed by atoms with E-state index in [9.17, 15) is 19.5 Å². The zero-order chi connectivity index (χ0) is 24.4. The third-order valence-electron chi connectivity index (χ3n) is 7.53. The maximum Gasteiger partial charge on any atom is 0.407 e. The van der Waals surface area contributed by atoms with Crippen molar-refractivity contribution in [1.82, 2.24) is 10.6 Å². The number of alkyl carbamates (subject to hydrolysis) is 1. The molecular formula is C27H30N2O6. The van der Waals surface area contributed by atoms with Crippen molar-refractivity contribution in [1.29, 1.82) is 0 Å². The minimum atomic E-state index is -0.893. The molecule has 2 aromatic carbocycles. The molecule has 0 bridgehead atoms. The average Bonchev–Trinajstić information content (AvgIpc) is 3.41. The fraction of sp³-hybridized carbons (Fsp3) is 0.444. The molecule has 3 N–H and O–H groups in total. The van der Waals surface area contributed by atoms with Gasteiger partial charge in [0, 0.05) is 19.1 Å². The van der Waals surface area contributed by atoms with E-state index in [1.54, 1.807) is 0 Å². The molecule has 8 nitrogen and oxygen atoms in total. The predicted octanol–water partition coefficient (Wildman–Crippen LogP) is 3.30. The van der Waals surface area contributed by atoms with Crippen LogP contribution < -0.4 is 10.6 Å². The van der Waals surface area contributed by atoms with Crippen LogP contribution in [0.3, 0.4) is 0 Å². The summed E-state index contributed by atoms with van der Waals surface area (Å²) in [6.07, 6.45) is 1.79. The highest BCUT2D eigenvalue weighted by Gasteiger charge is 2.38. The first-order valence-electron chi connectivity index (χ1n) is 12.3. The number of fused-ring (bicyclic) bond motifs is 3. The molecule has 5 rings (SSSR count). The van der Waals surface area contributed by atoms with Gasteiger partial charge in [-0.15, -0.1) is 0 Å². The number of nitrogens with one attached hydrogen (secondary N) is 2. The number of hydrogen-bond donors (Lipinski definition) is 3. The fourth-order valence-electron chi connectivity index (χ4n) is 5.40. The maximum atomic E-state index is 12.7. The first-order chi connectivity index (χ1) is 17.0. The van der Waals surface area contributed by atoms with Crippen molar-refractivity contribution >= 4 is 18.0 Å². The molecule has 1 aliphatic heterocycles. The van der Waals surface area contributed by atoms with Gasteiger partial charge in [-0.25, -0.2) is 4.79 Å². The van der Waals surface area contributed by atoms with Gasteiger partial charge in [-0.2, -0.15) is 0 Å². The van der Waals surface area contributed by atoms with E-state index in [1.165, 1.54) is 0 Å². The second kappa shape index (κ2) is 10.1. The van der Waals surface area contributed by atoms with Crippen LogP contribution in [0.15, 0.2) is 48.5 Å². The summed E-state index contributed by atoms with van der Waals surface area (Å²) in [5.74, 6) is -1.84. The number of carbonyl (C=O) groups excluding carboxylic acids is 2. The maximum absolute atomic E-state index is 12.7. The Morgan fingerprint density at radius 1 is 1.00 bits per heavy atom. The van der Waals surface area contributed by atoms with Gasteiger partial charge in [0.2, 0.25) is 0 Å². The molecule has 35 heavy (non-hydrogen) atoms. The lowest BCUT2D eigenvalue weighted by molar-refractivity contribution is -0.145. The number of carboxylic acids is 1. The monoisotopic (exact) mass is 478 g/mol. The van der Waals surface area contributed by atoms with Gasteiger partial charge >= 0.3 is 12.1 Å². The quantitative estimate of drug-likeness (QED) is 0.537. The number of carbonyl (C=O) groups is 3. The van der Waals surface area contributed by atoms with Crippen LogP contribution >= 0.6 is 0 Å². The Morgan fingerprint density at radius 3 is 2.26 bits per heavy atom. The molecule has 0 aromatic heterocycles. The second-order valence-corrected chi connectivity index (χ2v) is 9.54. The van der Waals surface area contributed by atoms with E-state index in [0.29, 0.717) is 13.0 Å². The molecule has 1 unspecified atom stereocenters. The first-order valence-corrected chi connectivity index (χ1v) is 12.3.